The van der Waals surface area contributed by atoms with Crippen LogP contribution in [0.3, 0.4) is 0 Å². The zero-order valence-electron chi connectivity index (χ0n) is 14.3. The molecule has 126 valence electrons. The molecule has 0 unspecified atom stereocenters. The van der Waals surface area contributed by atoms with Gasteiger partial charge in [-0.3, -0.25) is 0 Å². The summed E-state index contributed by atoms with van der Waals surface area (Å²) < 4.78 is 0. The molecule has 0 radical (unpaired) electrons. The lowest BCUT2D eigenvalue weighted by atomic mass is 9.68. The number of aliphatic hydroxyl groups excluding tert-OH is 1. The van der Waals surface area contributed by atoms with Gasteiger partial charge in [-0.2, -0.15) is 0 Å². The van der Waals surface area contributed by atoms with Gasteiger partial charge in [-0.05, 0) is 31.2 Å². The molecule has 0 saturated heterocycles. The Labute approximate surface area is 149 Å². The van der Waals surface area contributed by atoms with E-state index in [4.69, 9.17) is 0 Å². The van der Waals surface area contributed by atoms with Crippen LogP contribution in [0.25, 0.3) is 12.2 Å². The fourth-order valence-electron chi connectivity index (χ4n) is 3.97. The Morgan fingerprint density at radius 2 is 1.96 bits per heavy atom. The lowest BCUT2D eigenvalue weighted by Gasteiger charge is -2.40. The molecule has 0 spiro atoms. The van der Waals surface area contributed by atoms with Crippen molar-refractivity contribution in [3.8, 4) is 0 Å². The minimum Gasteiger partial charge on any atom is -0.393 e. The highest BCUT2D eigenvalue weighted by atomic mass is 16.3. The number of aliphatic hydroxyl groups is 1. The van der Waals surface area contributed by atoms with E-state index >= 15 is 0 Å². The van der Waals surface area contributed by atoms with Crippen LogP contribution in [-0.2, 0) is 5.41 Å². The maximum atomic E-state index is 9.98. The first-order valence-corrected chi connectivity index (χ1v) is 8.99. The van der Waals surface area contributed by atoms with Crippen LogP contribution in [0.1, 0.15) is 42.4 Å². The van der Waals surface area contributed by atoms with Gasteiger partial charge in [0.05, 0.1) is 17.7 Å². The van der Waals surface area contributed by atoms with Gasteiger partial charge in [-0.25, -0.2) is 4.98 Å². The summed E-state index contributed by atoms with van der Waals surface area (Å²) in [5.41, 5.74) is 3.67. The van der Waals surface area contributed by atoms with Gasteiger partial charge in [-0.15, -0.1) is 0 Å². The molecule has 1 aromatic carbocycles. The molecule has 3 heteroatoms. The van der Waals surface area contributed by atoms with E-state index in [1.54, 1.807) is 0 Å². The molecule has 0 atom stereocenters. The predicted octanol–water partition coefficient (Wildman–Crippen LogP) is 4.21. The highest BCUT2D eigenvalue weighted by Crippen LogP contribution is 2.40. The Morgan fingerprint density at radius 1 is 1.16 bits per heavy atom. The van der Waals surface area contributed by atoms with Crippen molar-refractivity contribution in [2.75, 3.05) is 11.9 Å². The van der Waals surface area contributed by atoms with Gasteiger partial charge in [0.15, 0.2) is 5.82 Å². The monoisotopic (exact) mass is 331 g/mol. The highest BCUT2D eigenvalue weighted by Gasteiger charge is 2.36. The topological polar surface area (TPSA) is 45.1 Å². The summed E-state index contributed by atoms with van der Waals surface area (Å²) >= 11 is 0. The van der Waals surface area contributed by atoms with E-state index in [-0.39, 0.29) is 11.5 Å². The van der Waals surface area contributed by atoms with Crippen molar-refractivity contribution in [1.82, 2.24) is 4.98 Å². The van der Waals surface area contributed by atoms with Gasteiger partial charge in [0.1, 0.15) is 17.7 Å². The average molecular weight is 331 g/mol. The molecule has 25 heavy (non-hydrogen) atoms. The third-order valence-electron chi connectivity index (χ3n) is 5.50. The van der Waals surface area contributed by atoms with Crippen LogP contribution in [0.15, 0.2) is 48.7 Å². The third kappa shape index (κ3) is 3.21. The molecule has 2 aromatic rings. The van der Waals surface area contributed by atoms with Gasteiger partial charge < -0.3 is 10.4 Å². The number of aromatic nitrogens is 1. The summed E-state index contributed by atoms with van der Waals surface area (Å²) in [6.45, 7) is 0.828. The van der Waals surface area contributed by atoms with E-state index in [1.165, 1.54) is 5.56 Å². The maximum Gasteiger partial charge on any atom is 0.161 e. The largest absolute Gasteiger partial charge is 0.393 e. The molecule has 4 rings (SSSR count). The number of hydrogen-bond acceptors (Lipinski definition) is 3. The van der Waals surface area contributed by atoms with Gasteiger partial charge in [-0.1, -0.05) is 30.3 Å². The maximum absolute atomic E-state index is 9.98. The standard InChI is InChI=1S/C22H23N2O/c25-19-10-13-22(14-11-19,18-7-2-1-3-8-18)16-24-21-20-9-5-4-6-17(20)12-15-23-21/h1-3,5-9,12,15,19,25H,10-11,13-14,16H2,(H,23,24)/q+1. The van der Waals surface area contributed by atoms with Crippen LogP contribution in [-0.4, -0.2) is 22.7 Å². The van der Waals surface area contributed by atoms with Crippen molar-refractivity contribution in [3.05, 3.63) is 71.4 Å². The molecule has 1 fully saturated rings. The number of hydrogen-bond donors (Lipinski definition) is 2. The molecule has 3 nitrogen and oxygen atoms in total. The zero-order chi connectivity index (χ0) is 17.1. The van der Waals surface area contributed by atoms with E-state index in [0.717, 1.165) is 49.2 Å². The fraction of sp³-hybridized carbons (Fsp3) is 0.318. The van der Waals surface area contributed by atoms with Crippen molar-refractivity contribution in [2.24, 2.45) is 0 Å². The Bertz CT molecular complexity index is 787. The van der Waals surface area contributed by atoms with Crippen molar-refractivity contribution in [3.63, 3.8) is 0 Å². The van der Waals surface area contributed by atoms with Crippen LogP contribution in [0.5, 0.6) is 0 Å². The fourth-order valence-corrected chi connectivity index (χ4v) is 3.97. The van der Waals surface area contributed by atoms with E-state index in [0.29, 0.717) is 0 Å². The Hall–Kier alpha value is -2.48. The van der Waals surface area contributed by atoms with Gasteiger partial charge >= 0.3 is 0 Å². The normalized spacial score (nSPS) is 24.4. The summed E-state index contributed by atoms with van der Waals surface area (Å²) in [5.74, 6) is 0.924. The van der Waals surface area contributed by atoms with Gasteiger partial charge in [0.25, 0.3) is 0 Å². The number of allylic oxidation sites excluding steroid dienone is 2. The number of pyridine rings is 1. The smallest absolute Gasteiger partial charge is 0.161 e. The molecule has 1 heterocycles. The Morgan fingerprint density at radius 3 is 2.76 bits per heavy atom. The van der Waals surface area contributed by atoms with Crippen molar-refractivity contribution in [1.29, 1.82) is 0 Å². The summed E-state index contributed by atoms with van der Waals surface area (Å²) in [7, 11) is 0. The van der Waals surface area contributed by atoms with Crippen LogP contribution < -0.4 is 5.32 Å². The minimum absolute atomic E-state index is 0.0469. The van der Waals surface area contributed by atoms with Crippen LogP contribution in [0.2, 0.25) is 0 Å². The van der Waals surface area contributed by atoms with Crippen LogP contribution in [0, 0.1) is 6.08 Å². The summed E-state index contributed by atoms with van der Waals surface area (Å²) in [4.78, 5) is 4.56. The summed E-state index contributed by atoms with van der Waals surface area (Å²) in [5, 5.41) is 13.6. The van der Waals surface area contributed by atoms with Gasteiger partial charge in [0, 0.05) is 30.3 Å². The molecule has 2 aliphatic carbocycles. The van der Waals surface area contributed by atoms with Crippen molar-refractivity contribution in [2.45, 2.75) is 37.2 Å². The molecule has 0 amide bonds. The van der Waals surface area contributed by atoms with Crippen LogP contribution >= 0.6 is 0 Å². The second-order valence-electron chi connectivity index (χ2n) is 7.04. The second kappa shape index (κ2) is 6.79. The first kappa shape index (κ1) is 16.0. The zero-order valence-corrected chi connectivity index (χ0v) is 14.3. The molecule has 1 aromatic heterocycles. The average Bonchev–Trinajstić information content (AvgIpc) is 2.68. The number of anilines is 1. The number of nitrogens with one attached hydrogen (secondary N) is 1. The molecule has 1 saturated carbocycles. The third-order valence-corrected chi connectivity index (χ3v) is 5.50. The molecule has 2 N–H and O–H groups in total. The van der Waals surface area contributed by atoms with E-state index in [2.05, 4.69) is 52.8 Å². The molecular weight excluding hydrogens is 308 g/mol. The predicted molar refractivity (Wildman–Crippen MR) is 102 cm³/mol. The molecular formula is C22H23N2O+. The first-order valence-electron chi connectivity index (χ1n) is 8.99. The Balaban J connectivity index is 1.61. The minimum atomic E-state index is -0.164. The van der Waals surface area contributed by atoms with E-state index < -0.39 is 0 Å². The SMILES string of the molecule is OC1CCC(CNc2nccc3c2C=C[C+]=C3)(c2ccccc2)CC1. The highest BCUT2D eigenvalue weighted by molar-refractivity contribution is 5.76. The van der Waals surface area contributed by atoms with E-state index in [1.807, 2.05) is 24.4 Å². The second-order valence-corrected chi connectivity index (χ2v) is 7.04. The van der Waals surface area contributed by atoms with Gasteiger partial charge in [0.2, 0.25) is 0 Å². The quantitative estimate of drug-likeness (QED) is 0.825. The summed E-state index contributed by atoms with van der Waals surface area (Å²) in [6, 6.07) is 12.7. The van der Waals surface area contributed by atoms with E-state index in [9.17, 15) is 5.11 Å². The van der Waals surface area contributed by atoms with Crippen LogP contribution in [0.4, 0.5) is 5.82 Å². The Kier molecular flexibility index (Phi) is 4.35. The number of nitrogens with zero attached hydrogens (tertiary/aromatic N) is 1. The number of benzene rings is 1. The lowest BCUT2D eigenvalue weighted by molar-refractivity contribution is 0.0987. The molecule has 0 aliphatic heterocycles. The molecule has 2 aliphatic rings. The summed E-state index contributed by atoms with van der Waals surface area (Å²) in [6.07, 6.45) is 14.5. The van der Waals surface area contributed by atoms with Crippen molar-refractivity contribution < 1.29 is 5.11 Å². The van der Waals surface area contributed by atoms with Crippen molar-refractivity contribution >= 4 is 18.0 Å². The number of rotatable bonds is 4. The lowest BCUT2D eigenvalue weighted by Crippen LogP contribution is -2.39. The number of fused-ring (bicyclic) bond motifs is 1. The first-order chi connectivity index (χ1) is 12.3. The molecule has 0 bridgehead atoms.